The highest BCUT2D eigenvalue weighted by molar-refractivity contribution is 7.99. The molecular formula is C18H27Cl3N4O2S. The topological polar surface area (TPSA) is 64.7 Å². The van der Waals surface area contributed by atoms with Gasteiger partial charge in [-0.1, -0.05) is 17.7 Å². The Kier molecular flexibility index (Phi) is 11.4. The van der Waals surface area contributed by atoms with Gasteiger partial charge < -0.3 is 20.4 Å². The third-order valence-corrected chi connectivity index (χ3v) is 6.04. The van der Waals surface area contributed by atoms with Crippen LogP contribution in [0.5, 0.6) is 0 Å². The summed E-state index contributed by atoms with van der Waals surface area (Å²) in [5, 5.41) is 6.82. The number of carbonyl (C=O) groups excluding carboxylic acids is 2. The second-order valence-corrected chi connectivity index (χ2v) is 8.14. The van der Waals surface area contributed by atoms with Crippen molar-refractivity contribution in [3.05, 3.63) is 29.3 Å². The summed E-state index contributed by atoms with van der Waals surface area (Å²) in [6, 6.07) is 7.97. The van der Waals surface area contributed by atoms with Gasteiger partial charge >= 0.3 is 0 Å². The molecule has 2 N–H and O–H groups in total. The lowest BCUT2D eigenvalue weighted by atomic mass is 10.2. The number of thioether (sulfide) groups is 1. The minimum absolute atomic E-state index is 0. The lowest BCUT2D eigenvalue weighted by Gasteiger charge is -2.36. The number of carbonyl (C=O) groups is 2. The summed E-state index contributed by atoms with van der Waals surface area (Å²) in [7, 11) is 0. The van der Waals surface area contributed by atoms with E-state index in [1.807, 2.05) is 40.9 Å². The van der Waals surface area contributed by atoms with E-state index in [1.165, 1.54) is 0 Å². The zero-order valence-electron chi connectivity index (χ0n) is 15.6. The smallest absolute Gasteiger partial charge is 0.242 e. The summed E-state index contributed by atoms with van der Waals surface area (Å²) in [4.78, 5) is 28.4. The van der Waals surface area contributed by atoms with Gasteiger partial charge in [-0.15, -0.1) is 24.8 Å². The summed E-state index contributed by atoms with van der Waals surface area (Å²) in [6.45, 7) is 3.87. The second-order valence-electron chi connectivity index (χ2n) is 6.55. The highest BCUT2D eigenvalue weighted by atomic mass is 35.5. The number of anilines is 1. The Labute approximate surface area is 187 Å². The summed E-state index contributed by atoms with van der Waals surface area (Å²) in [6.07, 6.45) is 0.433. The van der Waals surface area contributed by atoms with Gasteiger partial charge in [-0.2, -0.15) is 11.8 Å². The molecule has 3 rings (SSSR count). The molecule has 0 aromatic heterocycles. The van der Waals surface area contributed by atoms with Crippen LogP contribution < -0.4 is 15.5 Å². The van der Waals surface area contributed by atoms with Gasteiger partial charge in [0.05, 0.1) is 6.54 Å². The molecule has 1 atom stereocenters. The molecule has 1 aromatic rings. The maximum absolute atomic E-state index is 12.3. The zero-order valence-corrected chi connectivity index (χ0v) is 18.8. The molecule has 0 spiro atoms. The average Bonchev–Trinajstić information content (AvgIpc) is 2.67. The standard InChI is InChI=1S/C18H25ClN4O2S.2ClH/c19-14-2-1-3-16(10-14)22-5-7-23(8-6-22)18(25)12-21-17(24)11-15-13-26-9-4-20-15;;/h1-3,10,15,20H,4-9,11-13H2,(H,21,24);2*1H. The monoisotopic (exact) mass is 468 g/mol. The number of nitrogens with one attached hydrogen (secondary N) is 2. The van der Waals surface area contributed by atoms with Gasteiger partial charge in [0.1, 0.15) is 0 Å². The fraction of sp³-hybridized carbons (Fsp3) is 0.556. The fourth-order valence-corrected chi connectivity index (χ4v) is 4.35. The molecule has 2 aliphatic heterocycles. The maximum Gasteiger partial charge on any atom is 0.242 e. The first-order valence-corrected chi connectivity index (χ1v) is 10.5. The van der Waals surface area contributed by atoms with E-state index in [9.17, 15) is 9.59 Å². The first-order chi connectivity index (χ1) is 12.6. The molecule has 2 fully saturated rings. The third-order valence-electron chi connectivity index (χ3n) is 4.67. The lowest BCUT2D eigenvalue weighted by Crippen LogP contribution is -2.51. The zero-order chi connectivity index (χ0) is 18.4. The van der Waals surface area contributed by atoms with Gasteiger partial charge in [-0.25, -0.2) is 0 Å². The Morgan fingerprint density at radius 3 is 2.61 bits per heavy atom. The molecule has 1 unspecified atom stereocenters. The number of nitrogens with zero attached hydrogens (tertiary/aromatic N) is 2. The van der Waals surface area contributed by atoms with Crippen molar-refractivity contribution >= 4 is 65.7 Å². The molecule has 2 aliphatic rings. The van der Waals surface area contributed by atoms with Crippen molar-refractivity contribution in [1.82, 2.24) is 15.5 Å². The van der Waals surface area contributed by atoms with Crippen molar-refractivity contribution in [2.24, 2.45) is 0 Å². The Balaban J connectivity index is 0.00000196. The molecule has 0 aliphatic carbocycles. The molecule has 0 saturated carbocycles. The molecular weight excluding hydrogens is 443 g/mol. The molecule has 2 heterocycles. The fourth-order valence-electron chi connectivity index (χ4n) is 3.22. The summed E-state index contributed by atoms with van der Waals surface area (Å²) >= 11 is 7.91. The van der Waals surface area contributed by atoms with Crippen LogP contribution in [-0.4, -0.2) is 73.5 Å². The Morgan fingerprint density at radius 1 is 1.21 bits per heavy atom. The van der Waals surface area contributed by atoms with Gasteiger partial charge in [-0.3, -0.25) is 9.59 Å². The molecule has 158 valence electrons. The molecule has 1 aromatic carbocycles. The van der Waals surface area contributed by atoms with Crippen LogP contribution >= 0.6 is 48.2 Å². The molecule has 6 nitrogen and oxygen atoms in total. The SMILES string of the molecule is Cl.Cl.O=C(CC1CSCCN1)NCC(=O)N1CCN(c2cccc(Cl)c2)CC1. The molecule has 2 amide bonds. The van der Waals surface area contributed by atoms with Crippen LogP contribution in [0.2, 0.25) is 5.02 Å². The quantitative estimate of drug-likeness (QED) is 0.691. The van der Waals surface area contributed by atoms with Crippen LogP contribution in [0.1, 0.15) is 6.42 Å². The minimum Gasteiger partial charge on any atom is -0.368 e. The van der Waals surface area contributed by atoms with Gasteiger partial charge in [-0.05, 0) is 18.2 Å². The number of rotatable bonds is 5. The highest BCUT2D eigenvalue weighted by Crippen LogP contribution is 2.20. The number of piperazine rings is 1. The number of hydrogen-bond acceptors (Lipinski definition) is 5. The number of amides is 2. The van der Waals surface area contributed by atoms with Crippen molar-refractivity contribution < 1.29 is 9.59 Å². The van der Waals surface area contributed by atoms with E-state index in [2.05, 4.69) is 15.5 Å². The lowest BCUT2D eigenvalue weighted by molar-refractivity contribution is -0.133. The summed E-state index contributed by atoms with van der Waals surface area (Å²) in [5.74, 6) is 1.97. The van der Waals surface area contributed by atoms with Crippen molar-refractivity contribution in [3.63, 3.8) is 0 Å². The first-order valence-electron chi connectivity index (χ1n) is 8.98. The molecule has 28 heavy (non-hydrogen) atoms. The van der Waals surface area contributed by atoms with Crippen molar-refractivity contribution in [2.45, 2.75) is 12.5 Å². The first kappa shape index (κ1) is 25.2. The van der Waals surface area contributed by atoms with E-state index in [0.29, 0.717) is 19.5 Å². The third kappa shape index (κ3) is 7.52. The van der Waals surface area contributed by atoms with Gasteiger partial charge in [0, 0.05) is 67.4 Å². The molecule has 10 heteroatoms. The Bertz CT molecular complexity index is 639. The largest absolute Gasteiger partial charge is 0.368 e. The van der Waals surface area contributed by atoms with Crippen LogP contribution in [0.3, 0.4) is 0 Å². The van der Waals surface area contributed by atoms with Gasteiger partial charge in [0.25, 0.3) is 0 Å². The van der Waals surface area contributed by atoms with E-state index in [0.717, 1.165) is 41.8 Å². The van der Waals surface area contributed by atoms with E-state index in [-0.39, 0.29) is 49.2 Å². The van der Waals surface area contributed by atoms with Crippen LogP contribution in [0.15, 0.2) is 24.3 Å². The van der Waals surface area contributed by atoms with Gasteiger partial charge in [0.2, 0.25) is 11.8 Å². The summed E-state index contributed by atoms with van der Waals surface area (Å²) in [5.41, 5.74) is 1.08. The number of hydrogen-bond donors (Lipinski definition) is 2. The van der Waals surface area contributed by atoms with E-state index < -0.39 is 0 Å². The van der Waals surface area contributed by atoms with Crippen molar-refractivity contribution in [3.8, 4) is 0 Å². The summed E-state index contributed by atoms with van der Waals surface area (Å²) < 4.78 is 0. The average molecular weight is 470 g/mol. The maximum atomic E-state index is 12.3. The molecule has 2 saturated heterocycles. The number of halogens is 3. The van der Waals surface area contributed by atoms with Crippen molar-refractivity contribution in [2.75, 3.05) is 55.7 Å². The van der Waals surface area contributed by atoms with Crippen LogP contribution in [-0.2, 0) is 9.59 Å². The Morgan fingerprint density at radius 2 is 1.96 bits per heavy atom. The van der Waals surface area contributed by atoms with Gasteiger partial charge in [0.15, 0.2) is 0 Å². The molecule has 0 radical (unpaired) electrons. The molecule has 0 bridgehead atoms. The Hall–Kier alpha value is -0.860. The van der Waals surface area contributed by atoms with Crippen molar-refractivity contribution in [1.29, 1.82) is 0 Å². The predicted octanol–water partition coefficient (Wildman–Crippen LogP) is 2.04. The normalized spacial score (nSPS) is 19.2. The van der Waals surface area contributed by atoms with Crippen LogP contribution in [0, 0.1) is 0 Å². The second kappa shape index (κ2) is 12.6. The predicted molar refractivity (Wildman–Crippen MR) is 121 cm³/mol. The van der Waals surface area contributed by atoms with E-state index in [4.69, 9.17) is 11.6 Å². The van der Waals surface area contributed by atoms with Crippen LogP contribution in [0.25, 0.3) is 0 Å². The van der Waals surface area contributed by atoms with Crippen LogP contribution in [0.4, 0.5) is 5.69 Å². The minimum atomic E-state index is -0.0593. The highest BCUT2D eigenvalue weighted by Gasteiger charge is 2.22. The number of benzene rings is 1. The van der Waals surface area contributed by atoms with E-state index >= 15 is 0 Å². The van der Waals surface area contributed by atoms with E-state index in [1.54, 1.807) is 0 Å².